The summed E-state index contributed by atoms with van der Waals surface area (Å²) in [5, 5.41) is 18.1. The van der Waals surface area contributed by atoms with Crippen molar-refractivity contribution in [1.29, 1.82) is 0 Å². The Morgan fingerprint density at radius 1 is 0.414 bits per heavy atom. The molecule has 0 spiro atoms. The Hall–Kier alpha value is -7.81. The number of amides is 2. The van der Waals surface area contributed by atoms with E-state index in [-0.39, 0.29) is 30.6 Å². The van der Waals surface area contributed by atoms with Crippen molar-refractivity contribution in [3.05, 3.63) is 206 Å². The standard InChI is InChI=1S/C22H30N4O2.C17H22N4.C13H13ClN2.C9H18N2O2.C7H9N.C6H5Cl2N.CH2Cl2.CH4/c1-16-6-8-18(9-7-16)23-19-14-17(2)15-20(24-19)25-10-12-26(13-11-25)21(27)28-22(3,4)5;1-13-3-5-15(6-4-13)19-16-11-14(2)12-17(20-16)21-9-7-18-8-10-21;1-9-3-5-11(6-4-9)15-13-8-10(2)7-12(14)16-13;1-9(2,3)13-8(12)11-6-4-10-5-7-11;1-6-2-4-7(8)5-3-6;1-4-2-5(7)9-6(8)3-4;2-1-3;/h6-9,14-15H,10-13H2,1-5H3,(H,23,24);3-6,11-12,18H,7-10H2,1-2H3,(H,19,20);3-8H,1-2H3,(H,15,16);10H,4-7H2,1-3H3;2-5H,8H2,1H3;2-3H,1H3;1H2;1H4. The van der Waals surface area contributed by atoms with Crippen molar-refractivity contribution in [1.82, 2.24) is 40.4 Å². The summed E-state index contributed by atoms with van der Waals surface area (Å²) >= 11 is 26.5. The van der Waals surface area contributed by atoms with E-state index in [2.05, 4.69) is 160 Å². The van der Waals surface area contributed by atoms with Gasteiger partial charge in [0.05, 0.1) is 5.34 Å². The van der Waals surface area contributed by atoms with Gasteiger partial charge in [-0.3, -0.25) is 0 Å². The van der Waals surface area contributed by atoms with E-state index in [0.29, 0.717) is 28.5 Å². The Labute approximate surface area is 614 Å². The number of aryl methyl sites for hydroxylation is 8. The molecular weight excluding hydrogens is 1350 g/mol. The molecule has 23 heteroatoms. The van der Waals surface area contributed by atoms with E-state index in [1.54, 1.807) is 21.9 Å². The number of nitrogens with zero attached hydrogens (tertiary/aromatic N) is 8. The largest absolute Gasteiger partial charge is 0.444 e. The van der Waals surface area contributed by atoms with Gasteiger partial charge in [0, 0.05) is 101 Å². The van der Waals surface area contributed by atoms with Gasteiger partial charge in [0.1, 0.15) is 55.8 Å². The highest BCUT2D eigenvalue weighted by Crippen LogP contribution is 2.26. The van der Waals surface area contributed by atoms with Gasteiger partial charge in [0.15, 0.2) is 0 Å². The minimum absolute atomic E-state index is 0. The van der Waals surface area contributed by atoms with Crippen molar-refractivity contribution in [3.8, 4) is 0 Å². The molecular formula is C76H103Cl5N14O4. The summed E-state index contributed by atoms with van der Waals surface area (Å²) in [7, 11) is 0. The smallest absolute Gasteiger partial charge is 0.410 e. The van der Waals surface area contributed by atoms with Gasteiger partial charge in [-0.05, 0) is 216 Å². The van der Waals surface area contributed by atoms with Crippen LogP contribution in [-0.4, -0.2) is 137 Å². The number of nitrogen functional groups attached to an aromatic ring is 1. The number of ether oxygens (including phenoxy) is 2. The Balaban J connectivity index is 0.000000262. The Morgan fingerprint density at radius 2 is 0.697 bits per heavy atom. The number of alkyl halides is 2. The first kappa shape index (κ1) is 83.6. The van der Waals surface area contributed by atoms with Gasteiger partial charge in [-0.1, -0.05) is 113 Å². The van der Waals surface area contributed by atoms with Gasteiger partial charge in [-0.2, -0.15) is 0 Å². The zero-order valence-corrected chi connectivity index (χ0v) is 63.0. The van der Waals surface area contributed by atoms with Crippen molar-refractivity contribution in [2.45, 2.75) is 116 Å². The van der Waals surface area contributed by atoms with E-state index in [0.717, 1.165) is 134 Å². The number of aromatic nitrogens is 4. The highest BCUT2D eigenvalue weighted by atomic mass is 35.5. The summed E-state index contributed by atoms with van der Waals surface area (Å²) in [5.41, 5.74) is 18.0. The van der Waals surface area contributed by atoms with Gasteiger partial charge in [0.2, 0.25) is 0 Å². The van der Waals surface area contributed by atoms with Gasteiger partial charge in [-0.15, -0.1) is 23.2 Å². The third kappa shape index (κ3) is 33.7. The molecule has 0 saturated carbocycles. The number of pyridine rings is 4. The minimum atomic E-state index is -0.469. The number of piperazine rings is 3. The van der Waals surface area contributed by atoms with Crippen LogP contribution in [0.5, 0.6) is 0 Å². The summed E-state index contributed by atoms with van der Waals surface area (Å²) in [6.07, 6.45) is -0.444. The molecule has 99 heavy (non-hydrogen) atoms. The first-order chi connectivity index (χ1) is 46.4. The molecule has 0 radical (unpaired) electrons. The molecule has 4 aromatic heterocycles. The van der Waals surface area contributed by atoms with Crippen LogP contribution in [0.25, 0.3) is 0 Å². The molecule has 3 aliphatic heterocycles. The Morgan fingerprint density at radius 3 is 1.02 bits per heavy atom. The maximum atomic E-state index is 12.3. The summed E-state index contributed by atoms with van der Waals surface area (Å²) in [6, 6.07) is 48.3. The fourth-order valence-corrected chi connectivity index (χ4v) is 10.3. The number of benzene rings is 4. The molecule has 3 aliphatic rings. The predicted octanol–water partition coefficient (Wildman–Crippen LogP) is 18.6. The summed E-state index contributed by atoms with van der Waals surface area (Å²) in [4.78, 5) is 49.3. The van der Waals surface area contributed by atoms with E-state index < -0.39 is 5.60 Å². The second-order valence-electron chi connectivity index (χ2n) is 25.8. The van der Waals surface area contributed by atoms with Gasteiger partial charge < -0.3 is 61.4 Å². The first-order valence-electron chi connectivity index (χ1n) is 32.6. The first-order valence-corrected chi connectivity index (χ1v) is 34.8. The monoisotopic (exact) mass is 1450 g/mol. The molecule has 0 atom stereocenters. The van der Waals surface area contributed by atoms with Gasteiger partial charge in [-0.25, -0.2) is 29.5 Å². The third-order valence-electron chi connectivity index (χ3n) is 14.3. The lowest BCUT2D eigenvalue weighted by atomic mass is 10.2. The van der Waals surface area contributed by atoms with Crippen molar-refractivity contribution >= 4 is 122 Å². The molecule has 8 aromatic rings. The molecule has 4 aromatic carbocycles. The predicted molar refractivity (Wildman–Crippen MR) is 419 cm³/mol. The Bertz CT molecular complexity index is 3600. The maximum Gasteiger partial charge on any atom is 0.410 e. The van der Waals surface area contributed by atoms with Crippen LogP contribution in [0.3, 0.4) is 0 Å². The molecule has 536 valence electrons. The fourth-order valence-electron chi connectivity index (χ4n) is 9.46. The van der Waals surface area contributed by atoms with Crippen LogP contribution in [0.4, 0.5) is 61.4 Å². The number of rotatable bonds is 8. The molecule has 7 N–H and O–H groups in total. The lowest BCUT2D eigenvalue weighted by Gasteiger charge is -2.36. The molecule has 0 bridgehead atoms. The second-order valence-corrected chi connectivity index (χ2v) is 27.8. The number of hydrogen-bond acceptors (Lipinski definition) is 16. The molecule has 3 fully saturated rings. The number of nitrogens with one attached hydrogen (secondary N) is 5. The number of anilines is 9. The van der Waals surface area contributed by atoms with Crippen molar-refractivity contribution in [3.63, 3.8) is 0 Å². The lowest BCUT2D eigenvalue weighted by Crippen LogP contribution is -2.50. The zero-order valence-electron chi connectivity index (χ0n) is 59.2. The highest BCUT2D eigenvalue weighted by molar-refractivity contribution is 6.40. The fraction of sp³-hybridized carbons (Fsp3) is 0.395. The van der Waals surface area contributed by atoms with Crippen LogP contribution in [0.1, 0.15) is 93.5 Å². The molecule has 11 rings (SSSR count). The molecule has 0 aliphatic carbocycles. The zero-order chi connectivity index (χ0) is 72.0. The SMILES string of the molecule is C.CC(C)(C)OC(=O)N1CCNCC1.Cc1cc(Cl)nc(Cl)c1.Cc1ccc(N)cc1.Cc1ccc(Nc2cc(C)cc(Cl)n2)cc1.Cc1ccc(Nc2cc(C)cc(N3CCN(C(=O)OC(C)(C)C)CC3)n2)cc1.Cc1ccc(Nc2cc(C)cc(N3CCNCC3)n2)cc1.ClCCl. The summed E-state index contributed by atoms with van der Waals surface area (Å²) in [6.45, 7) is 37.7. The summed E-state index contributed by atoms with van der Waals surface area (Å²) in [5.74, 6) is 4.50. The van der Waals surface area contributed by atoms with Crippen LogP contribution in [0, 0.1) is 55.4 Å². The quantitative estimate of drug-likeness (QED) is 0.0476. The summed E-state index contributed by atoms with van der Waals surface area (Å²) < 4.78 is 10.7. The van der Waals surface area contributed by atoms with Crippen molar-refractivity contribution < 1.29 is 19.1 Å². The number of nitrogens with two attached hydrogens (primary N) is 1. The van der Waals surface area contributed by atoms with Crippen LogP contribution >= 0.6 is 58.0 Å². The normalized spacial score (nSPS) is 13.2. The van der Waals surface area contributed by atoms with Crippen LogP contribution in [0.2, 0.25) is 15.5 Å². The van der Waals surface area contributed by atoms with Crippen molar-refractivity contribution in [2.24, 2.45) is 0 Å². The average Bonchev–Trinajstić information content (AvgIpc) is 0.931. The van der Waals surface area contributed by atoms with E-state index in [9.17, 15) is 9.59 Å². The lowest BCUT2D eigenvalue weighted by molar-refractivity contribution is 0.0223. The van der Waals surface area contributed by atoms with Crippen LogP contribution in [-0.2, 0) is 9.47 Å². The molecule has 0 unspecified atom stereocenters. The number of carbonyl (C=O) groups is 2. The minimum Gasteiger partial charge on any atom is -0.444 e. The van der Waals surface area contributed by atoms with E-state index in [1.807, 2.05) is 117 Å². The van der Waals surface area contributed by atoms with E-state index >= 15 is 0 Å². The van der Waals surface area contributed by atoms with Gasteiger partial charge in [0.25, 0.3) is 0 Å². The molecule has 18 nitrogen and oxygen atoms in total. The van der Waals surface area contributed by atoms with Crippen LogP contribution in [0.15, 0.2) is 146 Å². The maximum absolute atomic E-state index is 12.3. The Kier molecular flexibility index (Phi) is 35.7. The van der Waals surface area contributed by atoms with E-state index in [1.165, 1.54) is 27.8 Å². The third-order valence-corrected chi connectivity index (χ3v) is 14.9. The molecule has 3 saturated heterocycles. The van der Waals surface area contributed by atoms with E-state index in [4.69, 9.17) is 83.2 Å². The molecule has 2 amide bonds. The number of carbonyl (C=O) groups excluding carboxylic acids is 2. The second kappa shape index (κ2) is 42.3. The van der Waals surface area contributed by atoms with Gasteiger partial charge >= 0.3 is 12.2 Å². The number of hydrogen-bond donors (Lipinski definition) is 6. The topological polar surface area (TPSA) is 203 Å². The average molecular weight is 1450 g/mol. The number of halogens is 5. The van der Waals surface area contributed by atoms with Crippen molar-refractivity contribution in [2.75, 3.05) is 115 Å². The highest BCUT2D eigenvalue weighted by Gasteiger charge is 2.27. The van der Waals surface area contributed by atoms with Crippen LogP contribution < -0.4 is 42.1 Å². The molecule has 7 heterocycles.